The van der Waals surface area contributed by atoms with Gasteiger partial charge in [-0.1, -0.05) is 0 Å². The van der Waals surface area contributed by atoms with Crippen molar-refractivity contribution < 1.29 is 23.1 Å². The number of furan rings is 1. The van der Waals surface area contributed by atoms with Crippen molar-refractivity contribution in [3.63, 3.8) is 0 Å². The van der Waals surface area contributed by atoms with Crippen LogP contribution in [0, 0.1) is 12.7 Å². The lowest BCUT2D eigenvalue weighted by Crippen LogP contribution is -2.26. The Morgan fingerprint density at radius 3 is 2.73 bits per heavy atom. The van der Waals surface area contributed by atoms with E-state index in [1.54, 1.807) is 30.5 Å². The maximum atomic E-state index is 12.8. The largest absolute Gasteiger partial charge is 0.494 e. The molecule has 7 nitrogen and oxygen atoms in total. The lowest BCUT2D eigenvalue weighted by molar-refractivity contribution is -0.120. The molecular weight excluding hydrogens is 409 g/mol. The van der Waals surface area contributed by atoms with Crippen LogP contribution < -0.4 is 15.4 Å². The fourth-order valence-electron chi connectivity index (χ4n) is 2.63. The molecule has 2 amide bonds. The smallest absolute Gasteiger partial charge is 0.260 e. The molecule has 0 atom stereocenters. The number of carbonyl (C=O) groups is 2. The number of rotatable bonds is 10. The molecule has 0 aliphatic rings. The zero-order valence-electron chi connectivity index (χ0n) is 16.4. The summed E-state index contributed by atoms with van der Waals surface area (Å²) in [6.07, 6.45) is 3.12. The Hall–Kier alpha value is -3.20. The van der Waals surface area contributed by atoms with Gasteiger partial charge in [0.15, 0.2) is 5.13 Å². The normalized spacial score (nSPS) is 10.6. The van der Waals surface area contributed by atoms with Crippen LogP contribution in [-0.2, 0) is 11.2 Å². The van der Waals surface area contributed by atoms with Gasteiger partial charge in [0.05, 0.1) is 30.5 Å². The van der Waals surface area contributed by atoms with E-state index in [0.29, 0.717) is 41.1 Å². The molecule has 9 heteroatoms. The van der Waals surface area contributed by atoms with E-state index < -0.39 is 0 Å². The third-order valence-electron chi connectivity index (χ3n) is 4.19. The van der Waals surface area contributed by atoms with E-state index in [-0.39, 0.29) is 24.1 Å². The van der Waals surface area contributed by atoms with Gasteiger partial charge in [0.25, 0.3) is 5.91 Å². The van der Waals surface area contributed by atoms with Crippen LogP contribution in [0.5, 0.6) is 5.75 Å². The molecule has 0 saturated carbocycles. The Kier molecular flexibility index (Phi) is 7.56. The van der Waals surface area contributed by atoms with Crippen LogP contribution in [0.3, 0.4) is 0 Å². The van der Waals surface area contributed by atoms with Crippen molar-refractivity contribution in [2.24, 2.45) is 0 Å². The maximum Gasteiger partial charge on any atom is 0.260 e. The van der Waals surface area contributed by atoms with Gasteiger partial charge < -0.3 is 14.5 Å². The lowest BCUT2D eigenvalue weighted by atomic mass is 10.2. The molecule has 0 saturated heterocycles. The van der Waals surface area contributed by atoms with Gasteiger partial charge in [0, 0.05) is 11.9 Å². The molecule has 2 N–H and O–H groups in total. The summed E-state index contributed by atoms with van der Waals surface area (Å²) in [5, 5.41) is 7.72. The van der Waals surface area contributed by atoms with Crippen LogP contribution in [0.25, 0.3) is 0 Å². The first-order chi connectivity index (χ1) is 14.5. The monoisotopic (exact) mass is 431 g/mol. The first-order valence-electron chi connectivity index (χ1n) is 9.46. The first kappa shape index (κ1) is 21.5. The number of anilines is 1. The molecule has 2 heterocycles. The highest BCUT2D eigenvalue weighted by atomic mass is 32.1. The molecule has 1 aromatic carbocycles. The number of halogens is 1. The molecule has 3 aromatic rings. The number of nitrogens with one attached hydrogen (secondary N) is 2. The fourth-order valence-corrected chi connectivity index (χ4v) is 3.34. The summed E-state index contributed by atoms with van der Waals surface area (Å²) in [4.78, 5) is 28.5. The standard InChI is InChI=1S/C21H22FN3O4S/c1-14-18(8-11-28-14)20(27)25-21-24-16(13-30-21)12-19(26)23-9-2-3-10-29-17-6-4-15(22)5-7-17/h4-8,11,13H,2-3,9-10,12H2,1H3,(H,23,26)(H,24,25,27). The van der Waals surface area contributed by atoms with Crippen LogP contribution in [0.4, 0.5) is 9.52 Å². The highest BCUT2D eigenvalue weighted by molar-refractivity contribution is 7.14. The second kappa shape index (κ2) is 10.5. The average molecular weight is 431 g/mol. The number of carbonyl (C=O) groups excluding carboxylic acids is 2. The third-order valence-corrected chi connectivity index (χ3v) is 5.00. The van der Waals surface area contributed by atoms with Crippen LogP contribution in [-0.4, -0.2) is 29.9 Å². The van der Waals surface area contributed by atoms with Gasteiger partial charge >= 0.3 is 0 Å². The number of nitrogens with zero attached hydrogens (tertiary/aromatic N) is 1. The summed E-state index contributed by atoms with van der Waals surface area (Å²) >= 11 is 1.26. The molecule has 158 valence electrons. The summed E-state index contributed by atoms with van der Waals surface area (Å²) in [5.74, 6) is 0.423. The summed E-state index contributed by atoms with van der Waals surface area (Å²) in [6.45, 7) is 2.73. The summed E-state index contributed by atoms with van der Waals surface area (Å²) < 4.78 is 23.4. The highest BCUT2D eigenvalue weighted by Crippen LogP contribution is 2.18. The van der Waals surface area contributed by atoms with Crippen LogP contribution in [0.15, 0.2) is 46.4 Å². The minimum atomic E-state index is -0.298. The number of aryl methyl sites for hydroxylation is 1. The highest BCUT2D eigenvalue weighted by Gasteiger charge is 2.14. The van der Waals surface area contributed by atoms with Crippen LogP contribution in [0.2, 0.25) is 0 Å². The summed E-state index contributed by atoms with van der Waals surface area (Å²) in [6, 6.07) is 7.46. The molecule has 2 aromatic heterocycles. The van der Waals surface area contributed by atoms with Gasteiger partial charge in [-0.2, -0.15) is 0 Å². The number of hydrogen-bond donors (Lipinski definition) is 2. The molecule has 0 aliphatic heterocycles. The number of hydrogen-bond acceptors (Lipinski definition) is 6. The van der Waals surface area contributed by atoms with Crippen LogP contribution >= 0.6 is 11.3 Å². The molecule has 0 unspecified atom stereocenters. The lowest BCUT2D eigenvalue weighted by Gasteiger charge is -2.07. The minimum Gasteiger partial charge on any atom is -0.494 e. The van der Waals surface area contributed by atoms with Gasteiger partial charge in [-0.25, -0.2) is 9.37 Å². The Morgan fingerprint density at radius 2 is 2.00 bits per heavy atom. The number of thiazole rings is 1. The zero-order valence-corrected chi connectivity index (χ0v) is 17.3. The van der Waals surface area contributed by atoms with Crippen LogP contribution in [0.1, 0.15) is 34.7 Å². The predicted molar refractivity (Wildman–Crippen MR) is 111 cm³/mol. The van der Waals surface area contributed by atoms with Crippen molar-refractivity contribution in [2.75, 3.05) is 18.5 Å². The van der Waals surface area contributed by atoms with Crippen molar-refractivity contribution in [1.82, 2.24) is 10.3 Å². The van der Waals surface area contributed by atoms with E-state index in [2.05, 4.69) is 15.6 Å². The topological polar surface area (TPSA) is 93.5 Å². The second-order valence-electron chi connectivity index (χ2n) is 6.52. The second-order valence-corrected chi connectivity index (χ2v) is 7.38. The summed E-state index contributed by atoms with van der Waals surface area (Å²) in [7, 11) is 0. The first-order valence-corrected chi connectivity index (χ1v) is 10.3. The Morgan fingerprint density at radius 1 is 1.20 bits per heavy atom. The SMILES string of the molecule is Cc1occc1C(=O)Nc1nc(CC(=O)NCCCCOc2ccc(F)cc2)cs1. The number of amides is 2. The molecule has 0 spiro atoms. The zero-order chi connectivity index (χ0) is 21.3. The number of benzene rings is 1. The quantitative estimate of drug-likeness (QED) is 0.474. The molecule has 30 heavy (non-hydrogen) atoms. The number of aromatic nitrogens is 1. The number of ether oxygens (including phenoxy) is 1. The van der Waals surface area contributed by atoms with Crippen molar-refractivity contribution in [3.05, 3.63) is 64.8 Å². The van der Waals surface area contributed by atoms with E-state index in [1.165, 1.54) is 29.7 Å². The average Bonchev–Trinajstić information content (AvgIpc) is 3.34. The Labute approximate surface area is 177 Å². The van der Waals surface area contributed by atoms with Gasteiger partial charge in [0.2, 0.25) is 5.91 Å². The van der Waals surface area contributed by atoms with E-state index in [9.17, 15) is 14.0 Å². The van der Waals surface area contributed by atoms with E-state index in [4.69, 9.17) is 9.15 Å². The molecule has 0 fully saturated rings. The molecule has 0 bridgehead atoms. The summed E-state index contributed by atoms with van der Waals surface area (Å²) in [5.41, 5.74) is 1.05. The van der Waals surface area contributed by atoms with Gasteiger partial charge in [-0.3, -0.25) is 14.9 Å². The van der Waals surface area contributed by atoms with Crippen molar-refractivity contribution in [1.29, 1.82) is 0 Å². The minimum absolute atomic E-state index is 0.136. The molecule has 0 aliphatic carbocycles. The molecular formula is C21H22FN3O4S. The van der Waals surface area contributed by atoms with Crippen molar-refractivity contribution >= 4 is 28.3 Å². The molecule has 3 rings (SSSR count). The number of unbranched alkanes of at least 4 members (excludes halogenated alkanes) is 1. The Balaban J connectivity index is 1.32. The van der Waals surface area contributed by atoms with Crippen molar-refractivity contribution in [2.45, 2.75) is 26.2 Å². The maximum absolute atomic E-state index is 12.8. The van der Waals surface area contributed by atoms with Gasteiger partial charge in [0.1, 0.15) is 17.3 Å². The van der Waals surface area contributed by atoms with E-state index in [0.717, 1.165) is 12.8 Å². The molecule has 0 radical (unpaired) electrons. The predicted octanol–water partition coefficient (Wildman–Crippen LogP) is 3.95. The van der Waals surface area contributed by atoms with Gasteiger partial charge in [-0.15, -0.1) is 11.3 Å². The Bertz CT molecular complexity index is 984. The van der Waals surface area contributed by atoms with E-state index >= 15 is 0 Å². The third kappa shape index (κ3) is 6.41. The van der Waals surface area contributed by atoms with E-state index in [1.807, 2.05) is 0 Å². The van der Waals surface area contributed by atoms with Crippen molar-refractivity contribution in [3.8, 4) is 5.75 Å². The fraction of sp³-hybridized carbons (Fsp3) is 0.286. The van der Waals surface area contributed by atoms with Gasteiger partial charge in [-0.05, 0) is 50.1 Å².